The van der Waals surface area contributed by atoms with Gasteiger partial charge in [0.15, 0.2) is 0 Å². The average molecular weight is 284 g/mol. The van der Waals surface area contributed by atoms with Crippen LogP contribution >= 0.6 is 0 Å². The molecule has 0 saturated carbocycles. The lowest BCUT2D eigenvalue weighted by Gasteiger charge is -2.05. The van der Waals surface area contributed by atoms with Crippen molar-refractivity contribution in [1.29, 1.82) is 0 Å². The van der Waals surface area contributed by atoms with Crippen molar-refractivity contribution < 1.29 is 14.3 Å². The Morgan fingerprint density at radius 3 is 2.43 bits per heavy atom. The quantitative estimate of drug-likeness (QED) is 0.851. The summed E-state index contributed by atoms with van der Waals surface area (Å²) in [5, 5.41) is 2.81. The highest BCUT2D eigenvalue weighted by atomic mass is 16.5. The predicted octanol–water partition coefficient (Wildman–Crippen LogP) is 1.84. The van der Waals surface area contributed by atoms with Crippen LogP contribution in [0.15, 0.2) is 48.7 Å². The number of carbonyl (C=O) groups is 2. The molecule has 2 rings (SSSR count). The van der Waals surface area contributed by atoms with Crippen molar-refractivity contribution in [2.45, 2.75) is 6.42 Å². The highest BCUT2D eigenvalue weighted by Crippen LogP contribution is 2.05. The SMILES string of the molecule is COC(=O)c1ccc(C(=O)NCCc2ccccn2)cc1. The van der Waals surface area contributed by atoms with Crippen molar-refractivity contribution in [3.63, 3.8) is 0 Å². The van der Waals surface area contributed by atoms with E-state index in [1.54, 1.807) is 30.5 Å². The summed E-state index contributed by atoms with van der Waals surface area (Å²) in [5.41, 5.74) is 1.85. The fourth-order valence-corrected chi connectivity index (χ4v) is 1.83. The number of nitrogens with zero attached hydrogens (tertiary/aromatic N) is 1. The Morgan fingerprint density at radius 1 is 1.10 bits per heavy atom. The van der Waals surface area contributed by atoms with Gasteiger partial charge in [0.1, 0.15) is 0 Å². The number of amides is 1. The summed E-state index contributed by atoms with van der Waals surface area (Å²) in [6.45, 7) is 0.509. The zero-order valence-electron chi connectivity index (χ0n) is 11.7. The van der Waals surface area contributed by atoms with Gasteiger partial charge in [-0.3, -0.25) is 9.78 Å². The highest BCUT2D eigenvalue weighted by Gasteiger charge is 2.08. The van der Waals surface area contributed by atoms with Crippen LogP contribution in [0, 0.1) is 0 Å². The summed E-state index contributed by atoms with van der Waals surface area (Å²) < 4.78 is 4.60. The van der Waals surface area contributed by atoms with E-state index in [9.17, 15) is 9.59 Å². The third-order valence-electron chi connectivity index (χ3n) is 2.96. The number of hydrogen-bond donors (Lipinski definition) is 1. The first-order valence-corrected chi connectivity index (χ1v) is 6.57. The number of hydrogen-bond acceptors (Lipinski definition) is 4. The second kappa shape index (κ2) is 7.19. The van der Waals surface area contributed by atoms with E-state index in [2.05, 4.69) is 15.0 Å². The van der Waals surface area contributed by atoms with Crippen LogP contribution in [0.5, 0.6) is 0 Å². The molecule has 1 aromatic carbocycles. The number of nitrogens with one attached hydrogen (secondary N) is 1. The summed E-state index contributed by atoms with van der Waals surface area (Å²) in [6, 6.07) is 12.0. The van der Waals surface area contributed by atoms with Gasteiger partial charge in [0.2, 0.25) is 0 Å². The van der Waals surface area contributed by atoms with Gasteiger partial charge in [0.05, 0.1) is 12.7 Å². The van der Waals surface area contributed by atoms with Crippen LogP contribution in [0.1, 0.15) is 26.4 Å². The fourth-order valence-electron chi connectivity index (χ4n) is 1.83. The minimum absolute atomic E-state index is 0.178. The number of esters is 1. The average Bonchev–Trinajstić information content (AvgIpc) is 2.55. The van der Waals surface area contributed by atoms with Crippen LogP contribution in [0.25, 0.3) is 0 Å². The van der Waals surface area contributed by atoms with Crippen LogP contribution < -0.4 is 5.32 Å². The zero-order chi connectivity index (χ0) is 15.1. The Morgan fingerprint density at radius 2 is 1.81 bits per heavy atom. The summed E-state index contributed by atoms with van der Waals surface area (Å²) in [6.07, 6.45) is 2.40. The second-order valence-electron chi connectivity index (χ2n) is 4.40. The van der Waals surface area contributed by atoms with Crippen molar-refractivity contribution in [3.8, 4) is 0 Å². The van der Waals surface area contributed by atoms with Gasteiger partial charge in [-0.15, -0.1) is 0 Å². The van der Waals surface area contributed by atoms with Crippen molar-refractivity contribution in [1.82, 2.24) is 10.3 Å². The Kier molecular flexibility index (Phi) is 5.04. The molecule has 1 heterocycles. The lowest BCUT2D eigenvalue weighted by atomic mass is 10.1. The molecule has 1 amide bonds. The first-order chi connectivity index (χ1) is 10.2. The monoisotopic (exact) mass is 284 g/mol. The Bertz CT molecular complexity index is 609. The number of rotatable bonds is 5. The van der Waals surface area contributed by atoms with Gasteiger partial charge in [-0.05, 0) is 36.4 Å². The number of methoxy groups -OCH3 is 1. The molecule has 1 aromatic heterocycles. The third-order valence-corrected chi connectivity index (χ3v) is 2.96. The minimum Gasteiger partial charge on any atom is -0.465 e. The van der Waals surface area contributed by atoms with E-state index in [-0.39, 0.29) is 5.91 Å². The second-order valence-corrected chi connectivity index (χ2v) is 4.40. The molecule has 0 spiro atoms. The molecule has 0 bridgehead atoms. The molecule has 108 valence electrons. The van der Waals surface area contributed by atoms with E-state index >= 15 is 0 Å². The van der Waals surface area contributed by atoms with Crippen molar-refractivity contribution in [2.24, 2.45) is 0 Å². The van der Waals surface area contributed by atoms with Gasteiger partial charge in [0.25, 0.3) is 5.91 Å². The Hall–Kier alpha value is -2.69. The minimum atomic E-state index is -0.419. The molecule has 0 unspecified atom stereocenters. The lowest BCUT2D eigenvalue weighted by Crippen LogP contribution is -2.25. The van der Waals surface area contributed by atoms with Crippen molar-refractivity contribution >= 4 is 11.9 Å². The number of carbonyl (C=O) groups excluding carboxylic acids is 2. The lowest BCUT2D eigenvalue weighted by molar-refractivity contribution is 0.0600. The van der Waals surface area contributed by atoms with Crippen LogP contribution in [0.4, 0.5) is 0 Å². The molecule has 2 aromatic rings. The maximum absolute atomic E-state index is 11.9. The third kappa shape index (κ3) is 4.14. The summed E-state index contributed by atoms with van der Waals surface area (Å²) in [7, 11) is 1.32. The summed E-state index contributed by atoms with van der Waals surface area (Å²) in [5.74, 6) is -0.598. The number of benzene rings is 1. The van der Waals surface area contributed by atoms with Crippen molar-refractivity contribution in [3.05, 3.63) is 65.5 Å². The van der Waals surface area contributed by atoms with Gasteiger partial charge in [0, 0.05) is 30.4 Å². The molecule has 0 aliphatic rings. The topological polar surface area (TPSA) is 68.3 Å². The molecule has 0 aliphatic carbocycles. The maximum Gasteiger partial charge on any atom is 0.337 e. The Balaban J connectivity index is 1.87. The first-order valence-electron chi connectivity index (χ1n) is 6.57. The molecule has 0 aliphatic heterocycles. The number of aromatic nitrogens is 1. The fraction of sp³-hybridized carbons (Fsp3) is 0.188. The van der Waals surface area contributed by atoms with Gasteiger partial charge >= 0.3 is 5.97 Å². The van der Waals surface area contributed by atoms with E-state index in [1.165, 1.54) is 7.11 Å². The zero-order valence-corrected chi connectivity index (χ0v) is 11.7. The molecule has 0 fully saturated rings. The molecule has 0 radical (unpaired) electrons. The molecule has 1 N–H and O–H groups in total. The van der Waals surface area contributed by atoms with E-state index in [4.69, 9.17) is 0 Å². The van der Waals surface area contributed by atoms with Gasteiger partial charge in [-0.2, -0.15) is 0 Å². The van der Waals surface area contributed by atoms with Crippen LogP contribution in [0.3, 0.4) is 0 Å². The largest absolute Gasteiger partial charge is 0.465 e. The van der Waals surface area contributed by atoms with E-state index < -0.39 is 5.97 Å². The van der Waals surface area contributed by atoms with Crippen molar-refractivity contribution in [2.75, 3.05) is 13.7 Å². The summed E-state index contributed by atoms with van der Waals surface area (Å²) in [4.78, 5) is 27.4. The standard InChI is InChI=1S/C16H16N2O3/c1-21-16(20)13-7-5-12(6-8-13)15(19)18-11-9-14-4-2-3-10-17-14/h2-8,10H,9,11H2,1H3,(H,18,19). The van der Waals surface area contributed by atoms with Gasteiger partial charge in [-0.1, -0.05) is 6.07 Å². The van der Waals surface area contributed by atoms with Crippen LogP contribution in [-0.2, 0) is 11.2 Å². The molecule has 0 atom stereocenters. The normalized spacial score (nSPS) is 9.95. The maximum atomic E-state index is 11.9. The van der Waals surface area contributed by atoms with Gasteiger partial charge < -0.3 is 10.1 Å². The van der Waals surface area contributed by atoms with Crippen LogP contribution in [0.2, 0.25) is 0 Å². The Labute approximate surface area is 123 Å². The first kappa shape index (κ1) is 14.7. The molecular formula is C16H16N2O3. The van der Waals surface area contributed by atoms with Crippen LogP contribution in [-0.4, -0.2) is 30.5 Å². The van der Waals surface area contributed by atoms with Gasteiger partial charge in [-0.25, -0.2) is 4.79 Å². The molecule has 5 nitrogen and oxygen atoms in total. The summed E-state index contributed by atoms with van der Waals surface area (Å²) >= 11 is 0. The number of pyridine rings is 1. The molecule has 5 heteroatoms. The van der Waals surface area contributed by atoms with E-state index in [1.807, 2.05) is 18.2 Å². The smallest absolute Gasteiger partial charge is 0.337 e. The highest BCUT2D eigenvalue weighted by molar-refractivity contribution is 5.96. The molecule has 21 heavy (non-hydrogen) atoms. The van der Waals surface area contributed by atoms with E-state index in [0.29, 0.717) is 24.1 Å². The molecule has 0 saturated heterocycles. The predicted molar refractivity (Wildman–Crippen MR) is 78.1 cm³/mol. The molecular weight excluding hydrogens is 268 g/mol. The van der Waals surface area contributed by atoms with E-state index in [0.717, 1.165) is 5.69 Å². The number of ether oxygens (including phenoxy) is 1.